The number of rotatable bonds is 5. The van der Waals surface area contributed by atoms with Gasteiger partial charge in [0, 0.05) is 25.1 Å². The van der Waals surface area contributed by atoms with E-state index >= 15 is 0 Å². The maximum absolute atomic E-state index is 5.60. The number of nitrogens with zero attached hydrogens (tertiary/aromatic N) is 4. The molecule has 0 bridgehead atoms. The van der Waals surface area contributed by atoms with Crippen LogP contribution in [0.3, 0.4) is 0 Å². The highest BCUT2D eigenvalue weighted by molar-refractivity contribution is 7.09. The molecule has 6 heteroatoms. The molecule has 0 unspecified atom stereocenters. The molecule has 0 atom stereocenters. The number of benzene rings is 1. The highest BCUT2D eigenvalue weighted by atomic mass is 32.1. The van der Waals surface area contributed by atoms with Crippen LogP contribution in [0.25, 0.3) is 0 Å². The largest absolute Gasteiger partial charge is 0.491 e. The van der Waals surface area contributed by atoms with Gasteiger partial charge in [-0.3, -0.25) is 0 Å². The van der Waals surface area contributed by atoms with Crippen LogP contribution in [0.4, 0.5) is 5.13 Å². The summed E-state index contributed by atoms with van der Waals surface area (Å²) in [6.07, 6.45) is 0.200. The van der Waals surface area contributed by atoms with Crippen LogP contribution >= 0.6 is 11.5 Å². The van der Waals surface area contributed by atoms with E-state index in [1.807, 2.05) is 37.9 Å². The molecule has 2 aromatic rings. The van der Waals surface area contributed by atoms with Gasteiger partial charge in [0.1, 0.15) is 5.75 Å². The van der Waals surface area contributed by atoms with Crippen molar-refractivity contribution < 1.29 is 4.74 Å². The van der Waals surface area contributed by atoms with E-state index in [9.17, 15) is 0 Å². The Labute approximate surface area is 111 Å². The van der Waals surface area contributed by atoms with E-state index in [4.69, 9.17) is 4.74 Å². The Kier molecular flexibility index (Phi) is 4.09. The summed E-state index contributed by atoms with van der Waals surface area (Å²) >= 11 is 1.29. The van der Waals surface area contributed by atoms with Crippen molar-refractivity contribution in [2.75, 3.05) is 11.9 Å². The smallest absolute Gasteiger partial charge is 0.227 e. The van der Waals surface area contributed by atoms with Crippen molar-refractivity contribution in [3.8, 4) is 5.75 Å². The van der Waals surface area contributed by atoms with Gasteiger partial charge in [-0.15, -0.1) is 0 Å². The van der Waals surface area contributed by atoms with Gasteiger partial charge >= 0.3 is 0 Å². The zero-order valence-electron chi connectivity index (χ0n) is 10.7. The molecule has 0 N–H and O–H groups in total. The fourth-order valence-electron chi connectivity index (χ4n) is 1.56. The molecule has 2 rings (SSSR count). The van der Waals surface area contributed by atoms with E-state index < -0.39 is 0 Å². The Morgan fingerprint density at radius 2 is 2.00 bits per heavy atom. The number of anilines is 1. The lowest BCUT2D eigenvalue weighted by Gasteiger charge is -2.15. The third-order valence-corrected chi connectivity index (χ3v) is 3.04. The standard InChI is InChI=1S/C12H16N4OS/c1-9(2)17-11-6-4-10(5-7-11)8-16(3)12-13-14-15-18-12/h4-7,9H,8H2,1-3H3. The molecule has 0 aliphatic heterocycles. The maximum atomic E-state index is 5.60. The average Bonchev–Trinajstić information content (AvgIpc) is 2.84. The molecule has 1 aromatic carbocycles. The first-order valence-electron chi connectivity index (χ1n) is 5.77. The van der Waals surface area contributed by atoms with Gasteiger partial charge in [-0.05, 0) is 36.8 Å². The summed E-state index contributed by atoms with van der Waals surface area (Å²) in [5, 5.41) is 8.33. The second kappa shape index (κ2) is 5.77. The summed E-state index contributed by atoms with van der Waals surface area (Å²) in [4.78, 5) is 2.02. The number of ether oxygens (including phenoxy) is 1. The lowest BCUT2D eigenvalue weighted by atomic mass is 10.2. The molecule has 0 radical (unpaired) electrons. The van der Waals surface area contributed by atoms with Crippen LogP contribution in [-0.2, 0) is 6.54 Å². The van der Waals surface area contributed by atoms with Crippen LogP contribution in [0.5, 0.6) is 5.75 Å². The Bertz CT molecular complexity index is 469. The minimum absolute atomic E-state index is 0.200. The van der Waals surface area contributed by atoms with Gasteiger partial charge in [0.05, 0.1) is 6.10 Å². The summed E-state index contributed by atoms with van der Waals surface area (Å²) < 4.78 is 9.35. The summed E-state index contributed by atoms with van der Waals surface area (Å²) in [5.74, 6) is 0.897. The Hall–Kier alpha value is -1.69. The molecule has 0 spiro atoms. The molecule has 5 nitrogen and oxygen atoms in total. The quantitative estimate of drug-likeness (QED) is 0.829. The molecule has 0 aliphatic carbocycles. The van der Waals surface area contributed by atoms with Gasteiger partial charge in [-0.25, -0.2) is 0 Å². The predicted octanol–water partition coefficient (Wildman–Crippen LogP) is 2.36. The van der Waals surface area contributed by atoms with E-state index in [0.29, 0.717) is 0 Å². The maximum Gasteiger partial charge on any atom is 0.227 e. The second-order valence-corrected chi connectivity index (χ2v) is 5.02. The van der Waals surface area contributed by atoms with E-state index in [1.54, 1.807) is 0 Å². The topological polar surface area (TPSA) is 51.1 Å². The third-order valence-electron chi connectivity index (χ3n) is 2.33. The van der Waals surface area contributed by atoms with Crippen LogP contribution in [0.1, 0.15) is 19.4 Å². The van der Waals surface area contributed by atoms with Crippen molar-refractivity contribution in [2.24, 2.45) is 0 Å². The van der Waals surface area contributed by atoms with Crippen LogP contribution < -0.4 is 9.64 Å². The molecular weight excluding hydrogens is 248 g/mol. The molecule has 0 amide bonds. The van der Waals surface area contributed by atoms with Crippen molar-refractivity contribution in [3.05, 3.63) is 29.8 Å². The molecule has 0 saturated heterocycles. The van der Waals surface area contributed by atoms with E-state index in [1.165, 1.54) is 17.1 Å². The minimum Gasteiger partial charge on any atom is -0.491 e. The van der Waals surface area contributed by atoms with Gasteiger partial charge in [0.25, 0.3) is 0 Å². The number of hydrogen-bond donors (Lipinski definition) is 0. The lowest BCUT2D eigenvalue weighted by molar-refractivity contribution is 0.242. The third kappa shape index (κ3) is 3.40. The second-order valence-electron chi connectivity index (χ2n) is 4.31. The zero-order chi connectivity index (χ0) is 13.0. The van der Waals surface area contributed by atoms with Gasteiger partial charge in [0.15, 0.2) is 0 Å². The summed E-state index contributed by atoms with van der Waals surface area (Å²) in [6, 6.07) is 8.09. The first kappa shape index (κ1) is 12.8. The highest BCUT2D eigenvalue weighted by Crippen LogP contribution is 2.18. The SMILES string of the molecule is CC(C)Oc1ccc(CN(C)c2nnns2)cc1. The first-order valence-corrected chi connectivity index (χ1v) is 6.54. The molecule has 0 aliphatic rings. The van der Waals surface area contributed by atoms with E-state index in [0.717, 1.165) is 17.4 Å². The molecule has 0 fully saturated rings. The first-order chi connectivity index (χ1) is 8.65. The summed E-state index contributed by atoms with van der Waals surface area (Å²) in [7, 11) is 1.97. The van der Waals surface area contributed by atoms with Gasteiger partial charge < -0.3 is 9.64 Å². The molecule has 1 aromatic heterocycles. The van der Waals surface area contributed by atoms with E-state index in [2.05, 4.69) is 26.9 Å². The monoisotopic (exact) mass is 264 g/mol. The average molecular weight is 264 g/mol. The molecule has 0 saturated carbocycles. The van der Waals surface area contributed by atoms with Crippen LogP contribution in [-0.4, -0.2) is 28.0 Å². The van der Waals surface area contributed by atoms with Crippen LogP contribution in [0.2, 0.25) is 0 Å². The molecular formula is C12H16N4OS. The van der Waals surface area contributed by atoms with E-state index in [-0.39, 0.29) is 6.10 Å². The molecule has 96 valence electrons. The predicted molar refractivity (Wildman–Crippen MR) is 72.0 cm³/mol. The van der Waals surface area contributed by atoms with Crippen molar-refractivity contribution in [3.63, 3.8) is 0 Å². The lowest BCUT2D eigenvalue weighted by Crippen LogP contribution is -2.16. The number of aromatic nitrogens is 3. The summed E-state index contributed by atoms with van der Waals surface area (Å²) in [6.45, 7) is 4.81. The minimum atomic E-state index is 0.200. The molecule has 18 heavy (non-hydrogen) atoms. The number of hydrogen-bond acceptors (Lipinski definition) is 6. The highest BCUT2D eigenvalue weighted by Gasteiger charge is 2.06. The Morgan fingerprint density at radius 1 is 1.28 bits per heavy atom. The van der Waals surface area contributed by atoms with Crippen molar-refractivity contribution in [1.29, 1.82) is 0 Å². The van der Waals surface area contributed by atoms with Crippen molar-refractivity contribution in [2.45, 2.75) is 26.5 Å². The van der Waals surface area contributed by atoms with Crippen LogP contribution in [0, 0.1) is 0 Å². The molecule has 1 heterocycles. The Balaban J connectivity index is 1.98. The van der Waals surface area contributed by atoms with Gasteiger partial charge in [-0.1, -0.05) is 21.7 Å². The Morgan fingerprint density at radius 3 is 2.56 bits per heavy atom. The van der Waals surface area contributed by atoms with Crippen molar-refractivity contribution >= 4 is 16.7 Å². The fourth-order valence-corrected chi connectivity index (χ4v) is 1.99. The summed E-state index contributed by atoms with van der Waals surface area (Å²) in [5.41, 5.74) is 1.20. The van der Waals surface area contributed by atoms with Gasteiger partial charge in [-0.2, -0.15) is 0 Å². The van der Waals surface area contributed by atoms with Crippen LogP contribution in [0.15, 0.2) is 24.3 Å². The zero-order valence-corrected chi connectivity index (χ0v) is 11.5. The normalized spacial score (nSPS) is 10.7. The van der Waals surface area contributed by atoms with Crippen molar-refractivity contribution in [1.82, 2.24) is 14.8 Å². The fraction of sp³-hybridized carbons (Fsp3) is 0.417. The van der Waals surface area contributed by atoms with Gasteiger partial charge in [0.2, 0.25) is 5.13 Å².